The average Bonchev–Trinajstić information content (AvgIpc) is 2.62. The molecule has 3 N–H and O–H groups in total. The first kappa shape index (κ1) is 18.0. The molecular weight excluding hydrogens is 300 g/mol. The Balaban J connectivity index is 2.08. The monoisotopic (exact) mass is 327 g/mol. The lowest BCUT2D eigenvalue weighted by Crippen LogP contribution is -2.87. The lowest BCUT2D eigenvalue weighted by Gasteiger charge is -2.16. The van der Waals surface area contributed by atoms with Gasteiger partial charge >= 0.3 is 0 Å². The molecular formula is C20H27N2O2+. The van der Waals surface area contributed by atoms with Crippen molar-refractivity contribution in [2.45, 2.75) is 32.2 Å². The molecule has 0 bridgehead atoms. The number of unbranched alkanes of at least 4 members (excludes halogenated alkanes) is 2. The highest BCUT2D eigenvalue weighted by Crippen LogP contribution is 2.18. The van der Waals surface area contributed by atoms with Crippen molar-refractivity contribution in [1.82, 2.24) is 0 Å². The molecule has 0 heterocycles. The van der Waals surface area contributed by atoms with E-state index in [0.717, 1.165) is 30.0 Å². The molecule has 0 unspecified atom stereocenters. The van der Waals surface area contributed by atoms with Gasteiger partial charge in [-0.2, -0.15) is 0 Å². The molecule has 2 aromatic carbocycles. The van der Waals surface area contributed by atoms with Crippen molar-refractivity contribution in [3.05, 3.63) is 60.2 Å². The molecule has 1 atom stereocenters. The van der Waals surface area contributed by atoms with Crippen molar-refractivity contribution in [3.8, 4) is 5.75 Å². The predicted molar refractivity (Wildman–Crippen MR) is 97.1 cm³/mol. The van der Waals surface area contributed by atoms with E-state index in [-0.39, 0.29) is 11.9 Å². The van der Waals surface area contributed by atoms with Gasteiger partial charge in [0.1, 0.15) is 5.75 Å². The van der Waals surface area contributed by atoms with E-state index in [9.17, 15) is 4.79 Å². The maximum atomic E-state index is 12.8. The first-order valence-corrected chi connectivity index (χ1v) is 8.57. The minimum absolute atomic E-state index is 0.00838. The van der Waals surface area contributed by atoms with Crippen molar-refractivity contribution < 1.29 is 14.8 Å². The van der Waals surface area contributed by atoms with Crippen LogP contribution in [0, 0.1) is 0 Å². The van der Waals surface area contributed by atoms with Gasteiger partial charge < -0.3 is 15.4 Å². The Labute approximate surface area is 144 Å². The highest BCUT2D eigenvalue weighted by atomic mass is 16.5. The molecule has 24 heavy (non-hydrogen) atoms. The molecule has 0 aliphatic carbocycles. The zero-order valence-corrected chi connectivity index (χ0v) is 14.5. The third kappa shape index (κ3) is 5.39. The van der Waals surface area contributed by atoms with Crippen molar-refractivity contribution in [3.63, 3.8) is 0 Å². The predicted octanol–water partition coefficient (Wildman–Crippen LogP) is 3.13. The van der Waals surface area contributed by atoms with Gasteiger partial charge in [0.2, 0.25) is 0 Å². The van der Waals surface area contributed by atoms with Crippen LogP contribution in [0.5, 0.6) is 5.75 Å². The van der Waals surface area contributed by atoms with Crippen molar-refractivity contribution in [2.75, 3.05) is 19.0 Å². The van der Waals surface area contributed by atoms with E-state index in [1.807, 2.05) is 54.6 Å². The number of methoxy groups -OCH3 is 1. The molecule has 1 amide bonds. The second kappa shape index (κ2) is 9.73. The number of carbonyl (C=O) groups excluding carboxylic acids is 1. The van der Waals surface area contributed by atoms with Gasteiger partial charge in [0.05, 0.1) is 13.7 Å². The summed E-state index contributed by atoms with van der Waals surface area (Å²) in [7, 11) is 1.62. The Kier molecular flexibility index (Phi) is 7.30. The Hall–Kier alpha value is -2.33. The second-order valence-corrected chi connectivity index (χ2v) is 5.84. The van der Waals surface area contributed by atoms with E-state index >= 15 is 0 Å². The van der Waals surface area contributed by atoms with Gasteiger partial charge in [-0.25, -0.2) is 0 Å². The number of hydrogen-bond donors (Lipinski definition) is 2. The number of ether oxygens (including phenoxy) is 1. The van der Waals surface area contributed by atoms with Gasteiger partial charge in [-0.3, -0.25) is 4.79 Å². The smallest absolute Gasteiger partial charge is 0.287 e. The molecule has 4 heteroatoms. The summed E-state index contributed by atoms with van der Waals surface area (Å²) >= 11 is 0. The van der Waals surface area contributed by atoms with Crippen LogP contribution in [-0.2, 0) is 4.79 Å². The number of benzene rings is 2. The summed E-state index contributed by atoms with van der Waals surface area (Å²) in [6.45, 7) is 3.13. The standard InChI is InChI=1S/C20H26N2O2/c1-3-4-8-14-21-19(16-10-6-5-7-11-16)20(23)22-17-12-9-13-18(15-17)24-2/h5-7,9-13,15,19,21H,3-4,8,14H2,1-2H3,(H,22,23)/p+1/t19-/m1/s1. The summed E-state index contributed by atoms with van der Waals surface area (Å²) in [6, 6.07) is 17.1. The maximum absolute atomic E-state index is 12.8. The van der Waals surface area contributed by atoms with Gasteiger partial charge in [0.15, 0.2) is 6.04 Å². The highest BCUT2D eigenvalue weighted by Gasteiger charge is 2.23. The number of nitrogens with two attached hydrogens (primary N) is 1. The quantitative estimate of drug-likeness (QED) is 0.695. The van der Waals surface area contributed by atoms with E-state index in [2.05, 4.69) is 17.6 Å². The van der Waals surface area contributed by atoms with E-state index in [1.54, 1.807) is 7.11 Å². The van der Waals surface area contributed by atoms with Gasteiger partial charge in [-0.05, 0) is 25.0 Å². The van der Waals surface area contributed by atoms with Crippen LogP contribution >= 0.6 is 0 Å². The van der Waals surface area contributed by atoms with Crippen LogP contribution in [0.25, 0.3) is 0 Å². The van der Waals surface area contributed by atoms with Crippen LogP contribution in [-0.4, -0.2) is 19.6 Å². The fourth-order valence-electron chi connectivity index (χ4n) is 2.65. The van der Waals surface area contributed by atoms with Crippen LogP contribution in [0.3, 0.4) is 0 Å². The summed E-state index contributed by atoms with van der Waals surface area (Å²) in [5, 5.41) is 5.13. The maximum Gasteiger partial charge on any atom is 0.287 e. The number of amides is 1. The minimum atomic E-state index is -0.241. The third-order valence-corrected chi connectivity index (χ3v) is 3.99. The van der Waals surface area contributed by atoms with Crippen LogP contribution in [0.1, 0.15) is 37.8 Å². The summed E-state index contributed by atoms with van der Waals surface area (Å²) in [6.07, 6.45) is 3.49. The van der Waals surface area contributed by atoms with Crippen molar-refractivity contribution in [2.24, 2.45) is 0 Å². The first-order valence-electron chi connectivity index (χ1n) is 8.57. The molecule has 0 fully saturated rings. The molecule has 2 rings (SSSR count). The topological polar surface area (TPSA) is 54.9 Å². The van der Waals surface area contributed by atoms with Crippen molar-refractivity contribution >= 4 is 11.6 Å². The lowest BCUT2D eigenvalue weighted by molar-refractivity contribution is -0.682. The van der Waals surface area contributed by atoms with Crippen LogP contribution in [0.4, 0.5) is 5.69 Å². The molecule has 0 saturated carbocycles. The van der Waals surface area contributed by atoms with Crippen LogP contribution < -0.4 is 15.4 Å². The lowest BCUT2D eigenvalue weighted by atomic mass is 10.1. The molecule has 2 aromatic rings. The summed E-state index contributed by atoms with van der Waals surface area (Å²) in [5.74, 6) is 0.724. The molecule has 0 aliphatic rings. The average molecular weight is 327 g/mol. The molecule has 128 valence electrons. The molecule has 0 radical (unpaired) electrons. The van der Waals surface area contributed by atoms with E-state index in [4.69, 9.17) is 4.74 Å². The SMILES string of the molecule is CCCCC[NH2+][C@@H](C(=O)Nc1cccc(OC)c1)c1ccccc1. The van der Waals surface area contributed by atoms with E-state index < -0.39 is 0 Å². The van der Waals surface area contributed by atoms with Gasteiger partial charge in [-0.15, -0.1) is 0 Å². The number of nitrogens with one attached hydrogen (secondary N) is 1. The summed E-state index contributed by atoms with van der Waals surface area (Å²) in [4.78, 5) is 12.8. The number of rotatable bonds is 9. The molecule has 0 saturated heterocycles. The van der Waals surface area contributed by atoms with Gasteiger partial charge in [-0.1, -0.05) is 49.7 Å². The summed E-state index contributed by atoms with van der Waals surface area (Å²) < 4.78 is 5.21. The zero-order chi connectivity index (χ0) is 17.2. The largest absolute Gasteiger partial charge is 0.497 e. The zero-order valence-electron chi connectivity index (χ0n) is 14.5. The molecule has 0 aromatic heterocycles. The Morgan fingerprint density at radius 1 is 1.12 bits per heavy atom. The normalized spacial score (nSPS) is 11.8. The van der Waals surface area contributed by atoms with E-state index in [0.29, 0.717) is 0 Å². The fraction of sp³-hybridized carbons (Fsp3) is 0.350. The van der Waals surface area contributed by atoms with Crippen LogP contribution in [0.2, 0.25) is 0 Å². The van der Waals surface area contributed by atoms with Gasteiger partial charge in [0.25, 0.3) is 5.91 Å². The number of quaternary nitrogens is 1. The third-order valence-electron chi connectivity index (χ3n) is 3.99. The Morgan fingerprint density at radius 3 is 2.62 bits per heavy atom. The van der Waals surface area contributed by atoms with Crippen molar-refractivity contribution in [1.29, 1.82) is 0 Å². The fourth-order valence-corrected chi connectivity index (χ4v) is 2.65. The first-order chi connectivity index (χ1) is 11.7. The molecule has 0 aliphatic heterocycles. The van der Waals surface area contributed by atoms with Crippen LogP contribution in [0.15, 0.2) is 54.6 Å². The number of carbonyl (C=O) groups is 1. The Bertz CT molecular complexity index is 629. The number of anilines is 1. The molecule has 0 spiro atoms. The second-order valence-electron chi connectivity index (χ2n) is 5.84. The summed E-state index contributed by atoms with van der Waals surface area (Å²) in [5.41, 5.74) is 1.77. The highest BCUT2D eigenvalue weighted by molar-refractivity contribution is 5.94. The Morgan fingerprint density at radius 2 is 1.92 bits per heavy atom. The van der Waals surface area contributed by atoms with E-state index in [1.165, 1.54) is 12.8 Å². The minimum Gasteiger partial charge on any atom is -0.497 e. The van der Waals surface area contributed by atoms with Gasteiger partial charge in [0, 0.05) is 17.3 Å². The number of hydrogen-bond acceptors (Lipinski definition) is 2. The molecule has 4 nitrogen and oxygen atoms in total.